The topological polar surface area (TPSA) is 63.6 Å². The van der Waals surface area contributed by atoms with Crippen molar-refractivity contribution < 1.29 is 9.47 Å². The Bertz CT molecular complexity index is 838. The summed E-state index contributed by atoms with van der Waals surface area (Å²) in [6.07, 6.45) is 5.21. The summed E-state index contributed by atoms with van der Waals surface area (Å²) in [6, 6.07) is 4.20. The van der Waals surface area contributed by atoms with Crippen LogP contribution in [0.1, 0.15) is 0 Å². The molecule has 3 aromatic rings. The fraction of sp³-hybridized carbons (Fsp3) is 0.353. The van der Waals surface area contributed by atoms with Crippen LogP contribution in [0.4, 0.5) is 10.9 Å². The Morgan fingerprint density at radius 2 is 1.92 bits per heavy atom. The van der Waals surface area contributed by atoms with Crippen LogP contribution in [0.3, 0.4) is 0 Å². The van der Waals surface area contributed by atoms with E-state index in [1.165, 1.54) is 0 Å². The van der Waals surface area contributed by atoms with E-state index in [1.54, 1.807) is 44.1 Å². The van der Waals surface area contributed by atoms with Gasteiger partial charge in [0.25, 0.3) is 0 Å². The normalized spacial score (nSPS) is 14.4. The molecule has 0 radical (unpaired) electrons. The van der Waals surface area contributed by atoms with Crippen molar-refractivity contribution in [3.8, 4) is 11.5 Å². The Hall–Kier alpha value is -2.61. The number of hydrogen-bond donors (Lipinski definition) is 0. The van der Waals surface area contributed by atoms with Gasteiger partial charge in [0.2, 0.25) is 0 Å². The highest BCUT2D eigenvalue weighted by Gasteiger charge is 2.32. The zero-order valence-corrected chi connectivity index (χ0v) is 15.2. The van der Waals surface area contributed by atoms with Gasteiger partial charge in [0.05, 0.1) is 26.5 Å². The van der Waals surface area contributed by atoms with Crippen molar-refractivity contribution in [3.63, 3.8) is 0 Å². The van der Waals surface area contributed by atoms with E-state index in [-0.39, 0.29) is 0 Å². The van der Waals surface area contributed by atoms with Crippen molar-refractivity contribution in [2.75, 3.05) is 44.2 Å². The molecule has 1 aliphatic heterocycles. The molecule has 1 fully saturated rings. The van der Waals surface area contributed by atoms with E-state index in [1.807, 2.05) is 12.1 Å². The van der Waals surface area contributed by atoms with E-state index in [4.69, 9.17) is 14.5 Å². The molecule has 4 rings (SSSR count). The molecule has 8 heteroatoms. The van der Waals surface area contributed by atoms with E-state index in [0.29, 0.717) is 6.04 Å². The van der Waals surface area contributed by atoms with Gasteiger partial charge in [-0.3, -0.25) is 4.98 Å². The Kier molecular flexibility index (Phi) is 4.04. The Morgan fingerprint density at radius 3 is 2.60 bits per heavy atom. The first-order valence-electron chi connectivity index (χ1n) is 7.96. The number of nitrogens with zero attached hydrogens (tertiary/aromatic N) is 5. The number of thiazole rings is 1. The first-order chi connectivity index (χ1) is 12.2. The summed E-state index contributed by atoms with van der Waals surface area (Å²) in [5.74, 6) is 2.50. The summed E-state index contributed by atoms with van der Waals surface area (Å²) in [5, 5.41) is 0.960. The highest BCUT2D eigenvalue weighted by Crippen LogP contribution is 2.40. The number of aromatic nitrogens is 3. The van der Waals surface area contributed by atoms with E-state index < -0.39 is 0 Å². The second-order valence-corrected chi connectivity index (χ2v) is 6.86. The average molecular weight is 357 g/mol. The molecule has 7 nitrogen and oxygen atoms in total. The first-order valence-corrected chi connectivity index (χ1v) is 8.78. The maximum absolute atomic E-state index is 5.47. The van der Waals surface area contributed by atoms with Crippen LogP contribution in [-0.4, -0.2) is 55.4 Å². The molecule has 0 N–H and O–H groups in total. The molecular weight excluding hydrogens is 338 g/mol. The third kappa shape index (κ3) is 2.72. The van der Waals surface area contributed by atoms with Gasteiger partial charge >= 0.3 is 0 Å². The van der Waals surface area contributed by atoms with Gasteiger partial charge < -0.3 is 19.3 Å². The molecule has 0 aliphatic carbocycles. The molecule has 130 valence electrons. The molecular formula is C17H19N5O2S. The third-order valence-electron chi connectivity index (χ3n) is 4.48. The Morgan fingerprint density at radius 1 is 1.16 bits per heavy atom. The monoisotopic (exact) mass is 357 g/mol. The zero-order valence-electron chi connectivity index (χ0n) is 14.3. The van der Waals surface area contributed by atoms with Gasteiger partial charge in [-0.15, -0.1) is 0 Å². The lowest BCUT2D eigenvalue weighted by atomic mass is 10.1. The van der Waals surface area contributed by atoms with Crippen molar-refractivity contribution >= 4 is 32.5 Å². The number of benzene rings is 1. The quantitative estimate of drug-likeness (QED) is 0.695. The van der Waals surface area contributed by atoms with Crippen LogP contribution in [0.15, 0.2) is 30.7 Å². The van der Waals surface area contributed by atoms with Crippen LogP contribution in [-0.2, 0) is 0 Å². The van der Waals surface area contributed by atoms with Crippen molar-refractivity contribution in [3.05, 3.63) is 30.7 Å². The Labute approximate surface area is 149 Å². The van der Waals surface area contributed by atoms with Gasteiger partial charge in [0, 0.05) is 32.5 Å². The number of anilines is 2. The van der Waals surface area contributed by atoms with Crippen LogP contribution in [0.2, 0.25) is 0 Å². The minimum Gasteiger partial charge on any atom is -0.495 e. The van der Waals surface area contributed by atoms with Crippen molar-refractivity contribution in [2.45, 2.75) is 6.04 Å². The Balaban J connectivity index is 1.56. The fourth-order valence-corrected chi connectivity index (χ4v) is 4.03. The number of hydrogen-bond acceptors (Lipinski definition) is 8. The van der Waals surface area contributed by atoms with Gasteiger partial charge in [-0.25, -0.2) is 9.97 Å². The minimum atomic E-state index is 0.388. The largest absolute Gasteiger partial charge is 0.495 e. The molecule has 2 aromatic heterocycles. The third-order valence-corrected chi connectivity index (χ3v) is 5.64. The number of fused-ring (bicyclic) bond motifs is 1. The molecule has 0 bridgehead atoms. The summed E-state index contributed by atoms with van der Waals surface area (Å²) in [7, 11) is 5.42. The maximum atomic E-state index is 5.47. The van der Waals surface area contributed by atoms with E-state index in [2.05, 4.69) is 26.8 Å². The smallest absolute Gasteiger partial charge is 0.186 e. The fourth-order valence-electron chi connectivity index (χ4n) is 2.92. The summed E-state index contributed by atoms with van der Waals surface area (Å²) in [5.41, 5.74) is 0.846. The molecule has 1 aromatic carbocycles. The second kappa shape index (κ2) is 6.36. The SMILES string of the molecule is COc1ccc(OC)c2sc(N(C)C3CN(c4cnccn4)C3)nc12. The minimum absolute atomic E-state index is 0.388. The lowest BCUT2D eigenvalue weighted by Crippen LogP contribution is -2.59. The van der Waals surface area contributed by atoms with Crippen molar-refractivity contribution in [2.24, 2.45) is 0 Å². The van der Waals surface area contributed by atoms with E-state index >= 15 is 0 Å². The number of rotatable bonds is 5. The first kappa shape index (κ1) is 15.9. The summed E-state index contributed by atoms with van der Waals surface area (Å²) < 4.78 is 11.9. The van der Waals surface area contributed by atoms with E-state index in [9.17, 15) is 0 Å². The second-order valence-electron chi connectivity index (χ2n) is 5.88. The molecule has 25 heavy (non-hydrogen) atoms. The summed E-state index contributed by atoms with van der Waals surface area (Å²) >= 11 is 1.62. The summed E-state index contributed by atoms with van der Waals surface area (Å²) in [4.78, 5) is 17.7. The predicted octanol–water partition coefficient (Wildman–Crippen LogP) is 2.43. The van der Waals surface area contributed by atoms with Crippen LogP contribution in [0.5, 0.6) is 11.5 Å². The maximum Gasteiger partial charge on any atom is 0.186 e. The van der Waals surface area contributed by atoms with Crippen molar-refractivity contribution in [1.82, 2.24) is 15.0 Å². The molecule has 1 aliphatic rings. The average Bonchev–Trinajstić information content (AvgIpc) is 3.06. The lowest BCUT2D eigenvalue weighted by molar-refractivity contribution is 0.410. The lowest BCUT2D eigenvalue weighted by Gasteiger charge is -2.44. The van der Waals surface area contributed by atoms with Gasteiger partial charge in [-0.2, -0.15) is 0 Å². The molecule has 0 unspecified atom stereocenters. The van der Waals surface area contributed by atoms with Crippen LogP contribution >= 0.6 is 11.3 Å². The predicted molar refractivity (Wildman–Crippen MR) is 99.2 cm³/mol. The standard InChI is InChI=1S/C17H19N5O2S/c1-21(11-9-22(10-11)14-8-18-6-7-19-14)17-20-15-12(23-2)4-5-13(24-3)16(15)25-17/h4-8,11H,9-10H2,1-3H3. The molecule has 1 saturated heterocycles. The van der Waals surface area contributed by atoms with Crippen LogP contribution < -0.4 is 19.3 Å². The van der Waals surface area contributed by atoms with Crippen molar-refractivity contribution in [1.29, 1.82) is 0 Å². The number of methoxy groups -OCH3 is 2. The highest BCUT2D eigenvalue weighted by atomic mass is 32.1. The molecule has 0 atom stereocenters. The van der Waals surface area contributed by atoms with Crippen LogP contribution in [0, 0.1) is 0 Å². The van der Waals surface area contributed by atoms with Gasteiger partial charge in [0.1, 0.15) is 27.5 Å². The van der Waals surface area contributed by atoms with Gasteiger partial charge in [0.15, 0.2) is 5.13 Å². The molecule has 0 saturated carbocycles. The number of likely N-dealkylation sites (N-methyl/N-ethyl adjacent to an activating group) is 1. The number of ether oxygens (including phenoxy) is 2. The zero-order chi connectivity index (χ0) is 17.4. The van der Waals surface area contributed by atoms with Gasteiger partial charge in [-0.1, -0.05) is 11.3 Å². The molecule has 0 amide bonds. The highest BCUT2D eigenvalue weighted by molar-refractivity contribution is 7.22. The molecule has 0 spiro atoms. The van der Waals surface area contributed by atoms with E-state index in [0.717, 1.165) is 45.8 Å². The summed E-state index contributed by atoms with van der Waals surface area (Å²) in [6.45, 7) is 1.80. The van der Waals surface area contributed by atoms with Gasteiger partial charge in [-0.05, 0) is 12.1 Å². The van der Waals surface area contributed by atoms with Crippen LogP contribution in [0.25, 0.3) is 10.2 Å². The molecule has 3 heterocycles.